The summed E-state index contributed by atoms with van der Waals surface area (Å²) < 4.78 is 26.0. The van der Waals surface area contributed by atoms with Crippen molar-refractivity contribution in [3.8, 4) is 0 Å². The van der Waals surface area contributed by atoms with Crippen LogP contribution in [0.3, 0.4) is 0 Å². The maximum atomic E-state index is 13.6. The van der Waals surface area contributed by atoms with Crippen LogP contribution in [0, 0.1) is 10.1 Å². The Morgan fingerprint density at radius 1 is 1.14 bits per heavy atom. The Kier molecular flexibility index (Phi) is 9.38. The zero-order chi connectivity index (χ0) is 27.3. The normalized spacial score (nSPS) is 14.7. The van der Waals surface area contributed by atoms with E-state index in [9.17, 15) is 28.1 Å². The number of nitro benzene ring substituents is 1. The number of amides is 2. The molecule has 1 saturated carbocycles. The quantitative estimate of drug-likeness (QED) is 0.337. The molecule has 1 unspecified atom stereocenters. The van der Waals surface area contributed by atoms with Crippen LogP contribution in [-0.4, -0.2) is 54.9 Å². The van der Waals surface area contributed by atoms with E-state index >= 15 is 0 Å². The van der Waals surface area contributed by atoms with E-state index in [0.717, 1.165) is 42.3 Å². The van der Waals surface area contributed by atoms with Crippen LogP contribution in [0.4, 0.5) is 11.4 Å². The van der Waals surface area contributed by atoms with E-state index in [-0.39, 0.29) is 34.9 Å². The van der Waals surface area contributed by atoms with E-state index in [4.69, 9.17) is 23.2 Å². The number of non-ortho nitro benzene ring substituents is 1. The van der Waals surface area contributed by atoms with Gasteiger partial charge in [0.05, 0.1) is 26.9 Å². The van der Waals surface area contributed by atoms with Gasteiger partial charge in [0, 0.05) is 24.7 Å². The second-order valence-corrected chi connectivity index (χ2v) is 11.7. The summed E-state index contributed by atoms with van der Waals surface area (Å²) in [5, 5.41) is 14.8. The van der Waals surface area contributed by atoms with E-state index in [2.05, 4.69) is 5.32 Å². The molecule has 0 radical (unpaired) electrons. The highest BCUT2D eigenvalue weighted by Crippen LogP contribution is 2.26. The maximum Gasteiger partial charge on any atom is 0.271 e. The summed E-state index contributed by atoms with van der Waals surface area (Å²) >= 11 is 12.2. The zero-order valence-corrected chi connectivity index (χ0v) is 22.7. The summed E-state index contributed by atoms with van der Waals surface area (Å²) in [6, 6.07) is 8.87. The first-order valence-corrected chi connectivity index (χ1v) is 14.2. The van der Waals surface area contributed by atoms with E-state index in [1.54, 1.807) is 25.1 Å². The predicted octanol–water partition coefficient (Wildman–Crippen LogP) is 4.14. The first-order chi connectivity index (χ1) is 17.4. The summed E-state index contributed by atoms with van der Waals surface area (Å²) in [4.78, 5) is 38.5. The third-order valence-corrected chi connectivity index (χ3v) is 8.09. The maximum absolute atomic E-state index is 13.6. The molecule has 3 rings (SSSR count). The van der Waals surface area contributed by atoms with Gasteiger partial charge in [0.15, 0.2) is 0 Å². The zero-order valence-electron chi connectivity index (χ0n) is 20.4. The van der Waals surface area contributed by atoms with Crippen LogP contribution in [0.2, 0.25) is 10.0 Å². The van der Waals surface area contributed by atoms with Crippen molar-refractivity contribution < 1.29 is 22.9 Å². The van der Waals surface area contributed by atoms with Crippen molar-refractivity contribution in [3.63, 3.8) is 0 Å². The fourth-order valence-corrected chi connectivity index (χ4v) is 5.35. The number of carbonyl (C=O) groups is 2. The van der Waals surface area contributed by atoms with Crippen molar-refractivity contribution in [2.75, 3.05) is 17.1 Å². The fourth-order valence-electron chi connectivity index (χ4n) is 4.18. The van der Waals surface area contributed by atoms with Crippen LogP contribution in [-0.2, 0) is 26.2 Å². The largest absolute Gasteiger partial charge is 0.352 e. The van der Waals surface area contributed by atoms with Gasteiger partial charge in [-0.15, -0.1) is 0 Å². The van der Waals surface area contributed by atoms with Gasteiger partial charge in [-0.2, -0.15) is 0 Å². The Bertz CT molecular complexity index is 1280. The number of halogens is 2. The number of hydrogen-bond donors (Lipinski definition) is 1. The molecular weight excluding hydrogens is 543 g/mol. The Hall–Kier alpha value is -2.89. The van der Waals surface area contributed by atoms with Gasteiger partial charge in [-0.25, -0.2) is 8.42 Å². The van der Waals surface area contributed by atoms with Gasteiger partial charge in [-0.3, -0.25) is 24.0 Å². The van der Waals surface area contributed by atoms with Crippen molar-refractivity contribution in [1.29, 1.82) is 0 Å². The number of nitro groups is 1. The monoisotopic (exact) mass is 570 g/mol. The Labute approximate surface area is 225 Å². The number of anilines is 1. The number of nitrogens with zero attached hydrogens (tertiary/aromatic N) is 3. The summed E-state index contributed by atoms with van der Waals surface area (Å²) in [6.07, 6.45) is 4.63. The van der Waals surface area contributed by atoms with Crippen molar-refractivity contribution in [3.05, 3.63) is 68.2 Å². The molecule has 1 fully saturated rings. The fraction of sp³-hybridized carbons (Fsp3) is 0.417. The number of rotatable bonds is 10. The van der Waals surface area contributed by atoms with Crippen LogP contribution in [0.25, 0.3) is 0 Å². The summed E-state index contributed by atoms with van der Waals surface area (Å²) in [6.45, 7) is 0.863. The molecule has 2 amide bonds. The molecule has 0 aromatic heterocycles. The molecule has 1 N–H and O–H groups in total. The first kappa shape index (κ1) is 28.7. The molecule has 1 atom stereocenters. The second kappa shape index (κ2) is 12.1. The molecule has 0 spiro atoms. The lowest BCUT2D eigenvalue weighted by atomic mass is 10.1. The number of hydrogen-bond acceptors (Lipinski definition) is 6. The van der Waals surface area contributed by atoms with Crippen LogP contribution >= 0.6 is 23.2 Å². The van der Waals surface area contributed by atoms with E-state index in [0.29, 0.717) is 10.6 Å². The van der Waals surface area contributed by atoms with Gasteiger partial charge in [-0.1, -0.05) is 48.2 Å². The highest BCUT2D eigenvalue weighted by molar-refractivity contribution is 7.92. The lowest BCUT2D eigenvalue weighted by Gasteiger charge is -2.32. The molecule has 0 aliphatic heterocycles. The molecule has 0 saturated heterocycles. The van der Waals surface area contributed by atoms with Crippen molar-refractivity contribution in [1.82, 2.24) is 10.2 Å². The highest BCUT2D eigenvalue weighted by atomic mass is 35.5. The Morgan fingerprint density at radius 2 is 1.81 bits per heavy atom. The molecule has 13 heteroatoms. The van der Waals surface area contributed by atoms with Crippen molar-refractivity contribution in [2.24, 2.45) is 0 Å². The Balaban J connectivity index is 1.92. The molecule has 0 bridgehead atoms. The van der Waals surface area contributed by atoms with E-state index in [1.807, 2.05) is 0 Å². The lowest BCUT2D eigenvalue weighted by molar-refractivity contribution is -0.384. The standard InChI is InChI=1S/C24H28Cl2N4O6S/c1-16(24(32)27-18-6-3-4-7-18)28(14-17-10-11-21(25)22(26)12-17)23(31)15-29(37(2,35)36)19-8-5-9-20(13-19)30(33)34/h5,8-13,16,18H,3-4,6-7,14-15H2,1-2H3,(H,27,32). The Morgan fingerprint density at radius 3 is 2.41 bits per heavy atom. The van der Waals surface area contributed by atoms with Gasteiger partial charge in [-0.05, 0) is 43.5 Å². The van der Waals surface area contributed by atoms with Gasteiger partial charge < -0.3 is 10.2 Å². The van der Waals surface area contributed by atoms with E-state index in [1.165, 1.54) is 23.1 Å². The molecule has 10 nitrogen and oxygen atoms in total. The van der Waals surface area contributed by atoms with Gasteiger partial charge >= 0.3 is 0 Å². The molecule has 2 aromatic carbocycles. The number of nitrogens with one attached hydrogen (secondary N) is 1. The van der Waals surface area contributed by atoms with Crippen molar-refractivity contribution in [2.45, 2.75) is 51.2 Å². The second-order valence-electron chi connectivity index (χ2n) is 8.98. The third kappa shape index (κ3) is 7.56. The average molecular weight is 571 g/mol. The smallest absolute Gasteiger partial charge is 0.271 e. The molecule has 2 aromatic rings. The third-order valence-electron chi connectivity index (χ3n) is 6.21. The molecule has 200 valence electrons. The van der Waals surface area contributed by atoms with E-state index < -0.39 is 33.4 Å². The van der Waals surface area contributed by atoms with Crippen LogP contribution in [0.15, 0.2) is 42.5 Å². The lowest BCUT2D eigenvalue weighted by Crippen LogP contribution is -2.52. The van der Waals surface area contributed by atoms with Crippen LogP contribution in [0.1, 0.15) is 38.2 Å². The predicted molar refractivity (Wildman–Crippen MR) is 142 cm³/mol. The van der Waals surface area contributed by atoms with Crippen LogP contribution in [0.5, 0.6) is 0 Å². The summed E-state index contributed by atoms with van der Waals surface area (Å²) in [5.41, 5.74) is 0.225. The van der Waals surface area contributed by atoms with Crippen LogP contribution < -0.4 is 9.62 Å². The molecule has 0 heterocycles. The van der Waals surface area contributed by atoms with Gasteiger partial charge in [0.1, 0.15) is 12.6 Å². The average Bonchev–Trinajstić information content (AvgIpc) is 3.35. The minimum absolute atomic E-state index is 0.0225. The summed E-state index contributed by atoms with van der Waals surface area (Å²) in [7, 11) is -4.01. The molecule has 37 heavy (non-hydrogen) atoms. The minimum atomic E-state index is -4.01. The SMILES string of the molecule is CC(C(=O)NC1CCCC1)N(Cc1ccc(Cl)c(Cl)c1)C(=O)CN(c1cccc([N+](=O)[O-])c1)S(C)(=O)=O. The highest BCUT2D eigenvalue weighted by Gasteiger charge is 2.31. The van der Waals surface area contributed by atoms with Gasteiger partial charge in [0.25, 0.3) is 5.69 Å². The minimum Gasteiger partial charge on any atom is -0.352 e. The molecular formula is C24H28Cl2N4O6S. The molecule has 1 aliphatic carbocycles. The first-order valence-electron chi connectivity index (χ1n) is 11.6. The topological polar surface area (TPSA) is 130 Å². The molecule has 1 aliphatic rings. The number of sulfonamides is 1. The number of carbonyl (C=O) groups excluding carboxylic acids is 2. The van der Waals surface area contributed by atoms with Crippen molar-refractivity contribution >= 4 is 56.4 Å². The summed E-state index contributed by atoms with van der Waals surface area (Å²) in [5.74, 6) is -1.03. The number of benzene rings is 2. The van der Waals surface area contributed by atoms with Gasteiger partial charge in [0.2, 0.25) is 21.8 Å².